The van der Waals surface area contributed by atoms with Crippen molar-refractivity contribution in [3.8, 4) is 0 Å². The Labute approximate surface area is 126 Å². The van der Waals surface area contributed by atoms with E-state index in [1.165, 1.54) is 6.07 Å². The number of halogens is 3. The van der Waals surface area contributed by atoms with Crippen LogP contribution in [-0.4, -0.2) is 0 Å². The van der Waals surface area contributed by atoms with Crippen LogP contribution in [0.4, 0.5) is 8.78 Å². The van der Waals surface area contributed by atoms with Gasteiger partial charge in [-0.15, -0.1) is 11.6 Å². The molecule has 1 heterocycles. The predicted octanol–water partition coefficient (Wildman–Crippen LogP) is 5.54. The molecule has 0 spiro atoms. The van der Waals surface area contributed by atoms with Crippen LogP contribution in [0.15, 0.2) is 46.9 Å². The minimum absolute atomic E-state index is 0.373. The Bertz CT molecular complexity index is 795. The van der Waals surface area contributed by atoms with Crippen molar-refractivity contribution < 1.29 is 13.2 Å². The summed E-state index contributed by atoms with van der Waals surface area (Å²) in [5, 5.41) is 0.559. The van der Waals surface area contributed by atoms with E-state index in [4.69, 9.17) is 16.0 Å². The fourth-order valence-electron chi connectivity index (χ4n) is 2.31. The molecule has 0 aliphatic heterocycles. The van der Waals surface area contributed by atoms with Crippen LogP contribution < -0.4 is 0 Å². The third kappa shape index (κ3) is 2.93. The van der Waals surface area contributed by atoms with Crippen molar-refractivity contribution >= 4 is 22.6 Å². The Hall–Kier alpha value is -1.87. The molecule has 1 unspecified atom stereocenters. The Kier molecular flexibility index (Phi) is 3.68. The first-order chi connectivity index (χ1) is 10.0. The van der Waals surface area contributed by atoms with Crippen molar-refractivity contribution in [3.05, 3.63) is 71.0 Å². The van der Waals surface area contributed by atoms with Gasteiger partial charge in [0.25, 0.3) is 0 Å². The minimum atomic E-state index is -0.864. The number of fused-ring (bicyclic) bond motifs is 1. The molecule has 0 fully saturated rings. The topological polar surface area (TPSA) is 13.1 Å². The van der Waals surface area contributed by atoms with Crippen LogP contribution in [-0.2, 0) is 6.42 Å². The van der Waals surface area contributed by atoms with Gasteiger partial charge < -0.3 is 4.42 Å². The fourth-order valence-corrected chi connectivity index (χ4v) is 2.60. The van der Waals surface area contributed by atoms with E-state index >= 15 is 0 Å². The molecule has 21 heavy (non-hydrogen) atoms. The molecular formula is C17H13ClF2O. The minimum Gasteiger partial charge on any atom is -0.459 e. The van der Waals surface area contributed by atoms with E-state index in [1.807, 2.05) is 31.2 Å². The lowest BCUT2D eigenvalue weighted by Crippen LogP contribution is -1.96. The normalized spacial score (nSPS) is 12.8. The van der Waals surface area contributed by atoms with Crippen LogP contribution in [0.1, 0.15) is 22.3 Å². The second-order valence-corrected chi connectivity index (χ2v) is 5.64. The van der Waals surface area contributed by atoms with Gasteiger partial charge in [0.05, 0.1) is 5.38 Å². The van der Waals surface area contributed by atoms with E-state index in [9.17, 15) is 8.78 Å². The zero-order valence-corrected chi connectivity index (χ0v) is 12.1. The summed E-state index contributed by atoms with van der Waals surface area (Å²) in [4.78, 5) is 0. The standard InChI is InChI=1S/C17H13ClF2O/c1-10-2-5-16-12(6-10)9-17(21-16)13(18)7-11-3-4-14(19)15(20)8-11/h2-6,8-9,13H,7H2,1H3. The predicted molar refractivity (Wildman–Crippen MR) is 79.6 cm³/mol. The summed E-state index contributed by atoms with van der Waals surface area (Å²) in [6.45, 7) is 2.01. The van der Waals surface area contributed by atoms with Crippen LogP contribution in [0.5, 0.6) is 0 Å². The number of benzene rings is 2. The Morgan fingerprint density at radius 3 is 2.62 bits per heavy atom. The molecule has 3 aromatic rings. The molecule has 1 nitrogen and oxygen atoms in total. The molecule has 0 saturated heterocycles. The molecule has 0 N–H and O–H groups in total. The smallest absolute Gasteiger partial charge is 0.159 e. The molecule has 0 bridgehead atoms. The van der Waals surface area contributed by atoms with E-state index in [-0.39, 0.29) is 0 Å². The Morgan fingerprint density at radius 1 is 1.05 bits per heavy atom. The first-order valence-corrected chi connectivity index (χ1v) is 7.04. The third-order valence-corrected chi connectivity index (χ3v) is 3.77. The molecule has 0 aliphatic rings. The van der Waals surface area contributed by atoms with Crippen molar-refractivity contribution in [1.29, 1.82) is 0 Å². The number of rotatable bonds is 3. The van der Waals surface area contributed by atoms with Gasteiger partial charge >= 0.3 is 0 Å². The summed E-state index contributed by atoms with van der Waals surface area (Å²) < 4.78 is 31.8. The lowest BCUT2D eigenvalue weighted by atomic mass is 10.1. The lowest BCUT2D eigenvalue weighted by Gasteiger charge is -2.06. The molecule has 4 heteroatoms. The highest BCUT2D eigenvalue weighted by molar-refractivity contribution is 6.20. The van der Waals surface area contributed by atoms with Crippen molar-refractivity contribution in [1.82, 2.24) is 0 Å². The maximum atomic E-state index is 13.2. The second-order valence-electron chi connectivity index (χ2n) is 5.11. The number of hydrogen-bond acceptors (Lipinski definition) is 1. The van der Waals surface area contributed by atoms with Gasteiger partial charge in [0.1, 0.15) is 11.3 Å². The lowest BCUT2D eigenvalue weighted by molar-refractivity contribution is 0.505. The van der Waals surface area contributed by atoms with Crippen LogP contribution in [0.25, 0.3) is 11.0 Å². The van der Waals surface area contributed by atoms with Gasteiger partial charge in [0, 0.05) is 5.39 Å². The SMILES string of the molecule is Cc1ccc2oc(C(Cl)Cc3ccc(F)c(F)c3)cc2c1. The molecule has 3 rings (SSSR count). The molecule has 0 saturated carbocycles. The highest BCUT2D eigenvalue weighted by Gasteiger charge is 2.15. The molecule has 0 amide bonds. The van der Waals surface area contributed by atoms with Crippen LogP contribution >= 0.6 is 11.6 Å². The van der Waals surface area contributed by atoms with Crippen LogP contribution in [0.3, 0.4) is 0 Å². The summed E-state index contributed by atoms with van der Waals surface area (Å²) in [6.07, 6.45) is 0.373. The maximum Gasteiger partial charge on any atom is 0.159 e. The zero-order valence-electron chi connectivity index (χ0n) is 11.4. The van der Waals surface area contributed by atoms with Crippen molar-refractivity contribution in [2.75, 3.05) is 0 Å². The molecule has 2 aromatic carbocycles. The summed E-state index contributed by atoms with van der Waals surface area (Å²) in [7, 11) is 0. The summed E-state index contributed by atoms with van der Waals surface area (Å²) >= 11 is 6.33. The summed E-state index contributed by atoms with van der Waals surface area (Å²) in [5.41, 5.74) is 2.54. The highest BCUT2D eigenvalue weighted by Crippen LogP contribution is 2.31. The zero-order chi connectivity index (χ0) is 15.0. The number of aryl methyl sites for hydroxylation is 1. The van der Waals surface area contributed by atoms with Gasteiger partial charge in [-0.1, -0.05) is 17.7 Å². The van der Waals surface area contributed by atoms with Gasteiger partial charge in [-0.25, -0.2) is 8.78 Å². The third-order valence-electron chi connectivity index (χ3n) is 3.40. The van der Waals surface area contributed by atoms with E-state index in [2.05, 4.69) is 0 Å². The van der Waals surface area contributed by atoms with Crippen molar-refractivity contribution in [2.45, 2.75) is 18.7 Å². The van der Waals surface area contributed by atoms with Gasteiger partial charge in [0.2, 0.25) is 0 Å². The average Bonchev–Trinajstić information content (AvgIpc) is 2.86. The first-order valence-electron chi connectivity index (χ1n) is 6.61. The van der Waals surface area contributed by atoms with E-state index in [0.717, 1.165) is 28.7 Å². The van der Waals surface area contributed by atoms with Gasteiger partial charge in [-0.05, 0) is 49.2 Å². The van der Waals surface area contributed by atoms with Crippen LogP contribution in [0.2, 0.25) is 0 Å². The Morgan fingerprint density at radius 2 is 1.86 bits per heavy atom. The van der Waals surface area contributed by atoms with Crippen LogP contribution in [0, 0.1) is 18.6 Å². The number of furan rings is 1. The summed E-state index contributed by atoms with van der Waals surface area (Å²) in [6, 6.07) is 11.6. The quantitative estimate of drug-likeness (QED) is 0.579. The summed E-state index contributed by atoms with van der Waals surface area (Å²) in [5.74, 6) is -1.09. The van der Waals surface area contributed by atoms with Crippen molar-refractivity contribution in [3.63, 3.8) is 0 Å². The monoisotopic (exact) mass is 306 g/mol. The number of hydrogen-bond donors (Lipinski definition) is 0. The highest BCUT2D eigenvalue weighted by atomic mass is 35.5. The van der Waals surface area contributed by atoms with Gasteiger partial charge in [0.15, 0.2) is 11.6 Å². The van der Waals surface area contributed by atoms with E-state index < -0.39 is 17.0 Å². The van der Waals surface area contributed by atoms with Crippen molar-refractivity contribution in [2.24, 2.45) is 0 Å². The Balaban J connectivity index is 1.85. The second kappa shape index (κ2) is 5.49. The fraction of sp³-hybridized carbons (Fsp3) is 0.176. The van der Waals surface area contributed by atoms with Gasteiger partial charge in [-0.2, -0.15) is 0 Å². The largest absolute Gasteiger partial charge is 0.459 e. The molecular weight excluding hydrogens is 294 g/mol. The molecule has 1 aromatic heterocycles. The van der Waals surface area contributed by atoms with Gasteiger partial charge in [-0.3, -0.25) is 0 Å². The molecule has 0 aliphatic carbocycles. The molecule has 0 radical (unpaired) electrons. The van der Waals surface area contributed by atoms with E-state index in [0.29, 0.717) is 17.7 Å². The molecule has 108 valence electrons. The average molecular weight is 307 g/mol. The van der Waals surface area contributed by atoms with E-state index in [1.54, 1.807) is 0 Å². The molecule has 1 atom stereocenters. The maximum absolute atomic E-state index is 13.2. The number of alkyl halides is 1. The first kappa shape index (κ1) is 14.1.